The first-order chi connectivity index (χ1) is 13.6. The molecule has 0 amide bonds. The Bertz CT molecular complexity index is 1220. The fourth-order valence-electron chi connectivity index (χ4n) is 3.21. The van der Waals surface area contributed by atoms with Gasteiger partial charge in [0.05, 0.1) is 23.0 Å². The number of hydrogen-bond donors (Lipinski definition) is 3. The van der Waals surface area contributed by atoms with E-state index in [1.807, 2.05) is 51.2 Å². The van der Waals surface area contributed by atoms with Crippen molar-refractivity contribution in [2.24, 2.45) is 0 Å². The highest BCUT2D eigenvalue weighted by molar-refractivity contribution is 5.93. The third kappa shape index (κ3) is 3.12. The van der Waals surface area contributed by atoms with Gasteiger partial charge in [0.2, 0.25) is 5.95 Å². The van der Waals surface area contributed by atoms with Crippen molar-refractivity contribution >= 4 is 28.4 Å². The molecule has 28 heavy (non-hydrogen) atoms. The summed E-state index contributed by atoms with van der Waals surface area (Å²) in [6.07, 6.45) is 3.43. The summed E-state index contributed by atoms with van der Waals surface area (Å²) in [5.41, 5.74) is 5.95. The Kier molecular flexibility index (Phi) is 4.38. The van der Waals surface area contributed by atoms with Crippen LogP contribution in [0.4, 0.5) is 17.5 Å². The second kappa shape index (κ2) is 7.00. The summed E-state index contributed by atoms with van der Waals surface area (Å²) in [5.74, 6) is 1.26. The minimum absolute atomic E-state index is 0.514. The van der Waals surface area contributed by atoms with E-state index in [2.05, 4.69) is 36.6 Å². The molecule has 0 saturated heterocycles. The number of aryl methyl sites for hydroxylation is 2. The fourth-order valence-corrected chi connectivity index (χ4v) is 3.21. The molecule has 0 unspecified atom stereocenters. The molecule has 0 aliphatic heterocycles. The largest absolute Gasteiger partial charge is 0.373 e. The van der Waals surface area contributed by atoms with Crippen LogP contribution in [0.5, 0.6) is 0 Å². The zero-order chi connectivity index (χ0) is 19.7. The molecular formula is C21H19N7. The molecule has 0 atom stereocenters. The highest BCUT2D eigenvalue weighted by Crippen LogP contribution is 2.33. The van der Waals surface area contributed by atoms with Crippen molar-refractivity contribution in [3.05, 3.63) is 59.5 Å². The lowest BCUT2D eigenvalue weighted by Gasteiger charge is -2.11. The lowest BCUT2D eigenvalue weighted by atomic mass is 10.0. The topological polar surface area (TPSA) is 102 Å². The summed E-state index contributed by atoms with van der Waals surface area (Å²) in [7, 11) is 1.82. The summed E-state index contributed by atoms with van der Waals surface area (Å²) in [4.78, 5) is 16.4. The monoisotopic (exact) mass is 369 g/mol. The van der Waals surface area contributed by atoms with Crippen LogP contribution >= 0.6 is 0 Å². The van der Waals surface area contributed by atoms with Gasteiger partial charge in [0, 0.05) is 41.6 Å². The molecule has 0 saturated carbocycles. The van der Waals surface area contributed by atoms with Crippen LogP contribution in [0.2, 0.25) is 0 Å². The van der Waals surface area contributed by atoms with E-state index < -0.39 is 0 Å². The highest BCUT2D eigenvalue weighted by atomic mass is 15.1. The smallest absolute Gasteiger partial charge is 0.229 e. The van der Waals surface area contributed by atoms with E-state index in [1.54, 1.807) is 12.4 Å². The molecule has 3 N–H and O–H groups in total. The van der Waals surface area contributed by atoms with Gasteiger partial charge in [0.1, 0.15) is 11.9 Å². The van der Waals surface area contributed by atoms with Gasteiger partial charge in [-0.1, -0.05) is 6.07 Å². The van der Waals surface area contributed by atoms with E-state index in [0.29, 0.717) is 11.5 Å². The van der Waals surface area contributed by atoms with Gasteiger partial charge in [0.25, 0.3) is 0 Å². The van der Waals surface area contributed by atoms with E-state index >= 15 is 0 Å². The Labute approximate surface area is 162 Å². The predicted octanol–water partition coefficient (Wildman–Crippen LogP) is 4.29. The average molecular weight is 369 g/mol. The first kappa shape index (κ1) is 17.5. The van der Waals surface area contributed by atoms with Crippen molar-refractivity contribution in [1.29, 1.82) is 5.26 Å². The highest BCUT2D eigenvalue weighted by Gasteiger charge is 2.15. The first-order valence-electron chi connectivity index (χ1n) is 8.86. The van der Waals surface area contributed by atoms with Crippen LogP contribution < -0.4 is 10.6 Å². The van der Waals surface area contributed by atoms with Crippen molar-refractivity contribution in [1.82, 2.24) is 19.9 Å². The normalized spacial score (nSPS) is 10.6. The van der Waals surface area contributed by atoms with Crippen LogP contribution in [-0.2, 0) is 0 Å². The number of rotatable bonds is 4. The molecule has 0 fully saturated rings. The van der Waals surface area contributed by atoms with Crippen molar-refractivity contribution in [2.45, 2.75) is 13.8 Å². The van der Waals surface area contributed by atoms with Gasteiger partial charge in [-0.3, -0.25) is 4.98 Å². The van der Waals surface area contributed by atoms with Gasteiger partial charge in [-0.25, -0.2) is 4.98 Å². The number of fused-ring (bicyclic) bond motifs is 1. The Morgan fingerprint density at radius 3 is 2.75 bits per heavy atom. The van der Waals surface area contributed by atoms with Gasteiger partial charge in [-0.2, -0.15) is 10.2 Å². The Balaban J connectivity index is 1.79. The van der Waals surface area contributed by atoms with E-state index in [-0.39, 0.29) is 0 Å². The Hall–Kier alpha value is -3.92. The van der Waals surface area contributed by atoms with E-state index in [1.165, 1.54) is 0 Å². The molecule has 0 aliphatic rings. The molecule has 0 spiro atoms. The molecule has 0 bridgehead atoms. The Morgan fingerprint density at radius 2 is 1.96 bits per heavy atom. The van der Waals surface area contributed by atoms with Crippen LogP contribution in [0.25, 0.3) is 22.2 Å². The number of pyridine rings is 1. The standard InChI is InChI=1S/C21H19N7/c1-12-4-5-14(26-21-25-13(2)8-19(23-3)28-21)9-16(12)20-17(10-22)15-6-7-24-11-18(15)27-20/h4-9,11,27H,1-3H3,(H2,23,25,26,28). The zero-order valence-corrected chi connectivity index (χ0v) is 15.8. The van der Waals surface area contributed by atoms with E-state index in [0.717, 1.165) is 44.9 Å². The van der Waals surface area contributed by atoms with Gasteiger partial charge >= 0.3 is 0 Å². The fraction of sp³-hybridized carbons (Fsp3) is 0.143. The van der Waals surface area contributed by atoms with Crippen LogP contribution in [0.15, 0.2) is 42.7 Å². The van der Waals surface area contributed by atoms with Gasteiger partial charge in [-0.05, 0) is 37.6 Å². The molecule has 1 aromatic carbocycles. The predicted molar refractivity (Wildman–Crippen MR) is 111 cm³/mol. The number of hydrogen-bond acceptors (Lipinski definition) is 6. The number of H-pyrrole nitrogens is 1. The van der Waals surface area contributed by atoms with Gasteiger partial charge in [-0.15, -0.1) is 0 Å². The number of aromatic amines is 1. The van der Waals surface area contributed by atoms with Crippen molar-refractivity contribution in [3.8, 4) is 17.3 Å². The lowest BCUT2D eigenvalue weighted by Crippen LogP contribution is -2.02. The van der Waals surface area contributed by atoms with Gasteiger partial charge in [0.15, 0.2) is 0 Å². The van der Waals surface area contributed by atoms with E-state index in [4.69, 9.17) is 0 Å². The maximum atomic E-state index is 9.72. The second-order valence-electron chi connectivity index (χ2n) is 6.53. The van der Waals surface area contributed by atoms with Crippen molar-refractivity contribution in [3.63, 3.8) is 0 Å². The molecule has 4 aromatic rings. The minimum atomic E-state index is 0.514. The van der Waals surface area contributed by atoms with Crippen molar-refractivity contribution in [2.75, 3.05) is 17.7 Å². The molecular weight excluding hydrogens is 350 g/mol. The average Bonchev–Trinajstić information content (AvgIpc) is 3.07. The third-order valence-corrected chi connectivity index (χ3v) is 4.59. The van der Waals surface area contributed by atoms with Crippen LogP contribution in [0.1, 0.15) is 16.8 Å². The summed E-state index contributed by atoms with van der Waals surface area (Å²) < 4.78 is 0. The summed E-state index contributed by atoms with van der Waals surface area (Å²) in [6.45, 7) is 3.94. The number of nitrogens with zero attached hydrogens (tertiary/aromatic N) is 4. The summed E-state index contributed by atoms with van der Waals surface area (Å²) in [6, 6.07) is 12.0. The second-order valence-corrected chi connectivity index (χ2v) is 6.53. The van der Waals surface area contributed by atoms with Crippen molar-refractivity contribution < 1.29 is 0 Å². The van der Waals surface area contributed by atoms with Crippen LogP contribution in [0.3, 0.4) is 0 Å². The third-order valence-electron chi connectivity index (χ3n) is 4.59. The first-order valence-corrected chi connectivity index (χ1v) is 8.86. The number of aromatic nitrogens is 4. The molecule has 3 heterocycles. The molecule has 3 aromatic heterocycles. The van der Waals surface area contributed by atoms with Crippen LogP contribution in [0, 0.1) is 25.2 Å². The van der Waals surface area contributed by atoms with E-state index in [9.17, 15) is 5.26 Å². The Morgan fingerprint density at radius 1 is 1.11 bits per heavy atom. The number of benzene rings is 1. The number of nitrogens with one attached hydrogen (secondary N) is 3. The lowest BCUT2D eigenvalue weighted by molar-refractivity contribution is 1.10. The van der Waals surface area contributed by atoms with Gasteiger partial charge < -0.3 is 15.6 Å². The molecule has 4 rings (SSSR count). The maximum absolute atomic E-state index is 9.72. The molecule has 0 radical (unpaired) electrons. The molecule has 7 nitrogen and oxygen atoms in total. The maximum Gasteiger partial charge on any atom is 0.229 e. The molecule has 138 valence electrons. The molecule has 7 heteroatoms. The SMILES string of the molecule is CNc1cc(C)nc(Nc2ccc(C)c(-c3[nH]c4cnccc4c3C#N)c2)n1. The summed E-state index contributed by atoms with van der Waals surface area (Å²) >= 11 is 0. The number of anilines is 3. The van der Waals surface area contributed by atoms with Crippen LogP contribution in [-0.4, -0.2) is 27.0 Å². The number of nitriles is 1. The molecule has 0 aliphatic carbocycles. The zero-order valence-electron chi connectivity index (χ0n) is 15.8. The quantitative estimate of drug-likeness (QED) is 0.496. The summed E-state index contributed by atoms with van der Waals surface area (Å²) in [5, 5.41) is 16.9. The minimum Gasteiger partial charge on any atom is -0.373 e.